The molecule has 584 valence electrons. The molecule has 0 saturated heterocycles. The summed E-state index contributed by atoms with van der Waals surface area (Å²) in [5, 5.41) is 10.6. The van der Waals surface area contributed by atoms with Crippen molar-refractivity contribution in [1.82, 2.24) is 0 Å². The molecule has 17 nitrogen and oxygen atoms in total. The van der Waals surface area contributed by atoms with Gasteiger partial charge in [-0.1, -0.05) is 309 Å². The molecule has 0 bridgehead atoms. The van der Waals surface area contributed by atoms with Crippen LogP contribution in [0.4, 0.5) is 0 Å². The Morgan fingerprint density at radius 1 is 0.284 bits per heavy atom. The van der Waals surface area contributed by atoms with Gasteiger partial charge in [0.2, 0.25) is 0 Å². The quantitative estimate of drug-likeness (QED) is 0.0169. The van der Waals surface area contributed by atoms with E-state index in [1.807, 2.05) is 18.2 Å². The Morgan fingerprint density at radius 2 is 0.529 bits per heavy atom. The lowest BCUT2D eigenvalue weighted by molar-refractivity contribution is -0.161. The minimum Gasteiger partial charge on any atom is -0.462 e. The second kappa shape index (κ2) is 74.5. The first-order chi connectivity index (χ1) is 49.7. The summed E-state index contributed by atoms with van der Waals surface area (Å²) in [6.07, 6.45) is 83.1. The fourth-order valence-corrected chi connectivity index (χ4v) is 11.8. The summed E-state index contributed by atoms with van der Waals surface area (Å²) in [6.45, 7) is 4.53. The van der Waals surface area contributed by atoms with E-state index < -0.39 is 97.5 Å². The number of esters is 4. The van der Waals surface area contributed by atoms with Crippen LogP contribution in [-0.2, 0) is 65.4 Å². The van der Waals surface area contributed by atoms with Crippen LogP contribution in [0.5, 0.6) is 0 Å². The van der Waals surface area contributed by atoms with Gasteiger partial charge in [-0.25, -0.2) is 9.13 Å². The van der Waals surface area contributed by atoms with Crippen molar-refractivity contribution in [1.29, 1.82) is 0 Å². The van der Waals surface area contributed by atoms with Crippen LogP contribution < -0.4 is 0 Å². The second-order valence-electron chi connectivity index (χ2n) is 25.9. The first kappa shape index (κ1) is 97.2. The highest BCUT2D eigenvalue weighted by Gasteiger charge is 2.30. The highest BCUT2D eigenvalue weighted by Crippen LogP contribution is 2.45. The maximum Gasteiger partial charge on any atom is 0.472 e. The number of hydrogen-bond donors (Lipinski definition) is 3. The predicted octanol–water partition coefficient (Wildman–Crippen LogP) is 22.9. The average molecular weight is 1470 g/mol. The molecule has 0 aromatic rings. The summed E-state index contributed by atoms with van der Waals surface area (Å²) in [4.78, 5) is 72.9. The molecule has 0 fully saturated rings. The third-order valence-electron chi connectivity index (χ3n) is 16.2. The summed E-state index contributed by atoms with van der Waals surface area (Å²) >= 11 is 0. The predicted molar refractivity (Wildman–Crippen MR) is 418 cm³/mol. The van der Waals surface area contributed by atoms with Crippen LogP contribution in [0, 0.1) is 0 Å². The number of allylic oxidation sites excluding steroid dienone is 22. The maximum absolute atomic E-state index is 13.1. The highest BCUT2D eigenvalue weighted by atomic mass is 31.2. The number of aliphatic hydroxyl groups excluding tert-OH is 1. The number of ether oxygens (including phenoxy) is 4. The van der Waals surface area contributed by atoms with Gasteiger partial charge in [0, 0.05) is 25.7 Å². The number of aliphatic hydroxyl groups is 1. The van der Waals surface area contributed by atoms with E-state index in [0.717, 1.165) is 135 Å². The summed E-state index contributed by atoms with van der Waals surface area (Å²) < 4.78 is 68.4. The lowest BCUT2D eigenvalue weighted by Crippen LogP contribution is -2.30. The van der Waals surface area contributed by atoms with Gasteiger partial charge in [-0.2, -0.15) is 0 Å². The summed E-state index contributed by atoms with van der Waals surface area (Å²) in [5.41, 5.74) is 0. The van der Waals surface area contributed by atoms with Gasteiger partial charge < -0.3 is 33.8 Å². The van der Waals surface area contributed by atoms with Gasteiger partial charge >= 0.3 is 39.5 Å². The Kier molecular flexibility index (Phi) is 71.0. The van der Waals surface area contributed by atoms with Crippen LogP contribution in [0.25, 0.3) is 0 Å². The maximum atomic E-state index is 13.1. The van der Waals surface area contributed by atoms with Gasteiger partial charge in [0.25, 0.3) is 0 Å². The summed E-state index contributed by atoms with van der Waals surface area (Å²) in [5.74, 6) is -2.30. The lowest BCUT2D eigenvalue weighted by Gasteiger charge is -2.21. The number of carbonyl (C=O) groups excluding carboxylic acids is 4. The molecule has 0 radical (unpaired) electrons. The third-order valence-corrected chi connectivity index (χ3v) is 18.1. The van der Waals surface area contributed by atoms with Gasteiger partial charge in [-0.3, -0.25) is 37.3 Å². The topological polar surface area (TPSA) is 237 Å². The largest absolute Gasteiger partial charge is 0.472 e. The zero-order chi connectivity index (χ0) is 74.6. The Balaban J connectivity index is 5.39. The molecular weight excluding hydrogens is 1330 g/mol. The third kappa shape index (κ3) is 73.5. The van der Waals surface area contributed by atoms with E-state index in [0.29, 0.717) is 32.1 Å². The van der Waals surface area contributed by atoms with Gasteiger partial charge in [0.1, 0.15) is 19.3 Å². The van der Waals surface area contributed by atoms with E-state index >= 15 is 0 Å². The van der Waals surface area contributed by atoms with Crippen molar-refractivity contribution in [2.24, 2.45) is 0 Å². The van der Waals surface area contributed by atoms with Crippen molar-refractivity contribution in [3.8, 4) is 0 Å². The van der Waals surface area contributed by atoms with Crippen molar-refractivity contribution >= 4 is 39.5 Å². The van der Waals surface area contributed by atoms with Crippen LogP contribution in [0.15, 0.2) is 134 Å². The molecule has 19 heteroatoms. The van der Waals surface area contributed by atoms with E-state index in [1.165, 1.54) is 89.9 Å². The molecule has 0 aromatic carbocycles. The minimum absolute atomic E-state index is 0.0352. The molecule has 0 aliphatic carbocycles. The van der Waals surface area contributed by atoms with Crippen molar-refractivity contribution in [2.45, 2.75) is 329 Å². The standard InChI is InChI=1S/C83H140O17P2/c1-5-9-13-17-21-25-29-32-34-36-38-40-42-45-48-51-55-59-63-67-80(85)93-73-78(99-82(87)69-65-61-57-53-47-28-24-20-16-12-8-4)75-97-101(89,90)95-71-77(84)72-96-102(91,92)98-76-79(100-83(88)70-66-62-58-54-50-44-31-27-23-19-15-11-7-3)74-94-81(86)68-64-60-56-52-49-46-43-41-39-37-35-33-30-26-22-18-14-10-6-2/h9-10,13-14,21-22,25-26,32-35,38-41,45-46,48-49,55,59,77-79,84H,5-8,11-12,15-20,23-24,27-31,36-37,42-44,47,50-54,56-58,60-76H2,1-4H3,(H,89,90)(H,91,92)/b13-9-,14-10-,25-21-,26-22-,34-32-,35-33-,40-38-,41-39-,48-45-,49-46-,59-55-. The van der Waals surface area contributed by atoms with Gasteiger partial charge in [0.15, 0.2) is 12.2 Å². The second-order valence-corrected chi connectivity index (χ2v) is 28.8. The van der Waals surface area contributed by atoms with Crippen molar-refractivity contribution < 1.29 is 80.2 Å². The first-order valence-corrected chi connectivity index (χ1v) is 42.4. The molecule has 0 spiro atoms. The van der Waals surface area contributed by atoms with Crippen LogP contribution in [0.1, 0.15) is 310 Å². The average Bonchev–Trinajstić information content (AvgIpc) is 0.928. The molecule has 0 rings (SSSR count). The molecule has 0 heterocycles. The molecule has 5 unspecified atom stereocenters. The Morgan fingerprint density at radius 3 is 0.843 bits per heavy atom. The molecule has 0 amide bonds. The number of phosphoric acid groups is 2. The molecule has 3 N–H and O–H groups in total. The number of carbonyl (C=O) groups is 4. The molecular formula is C83H140O17P2. The molecule has 0 aromatic heterocycles. The fraction of sp³-hybridized carbons (Fsp3) is 0.687. The molecule has 0 aliphatic heterocycles. The van der Waals surface area contributed by atoms with Gasteiger partial charge in [-0.15, -0.1) is 0 Å². The Bertz CT molecular complexity index is 2460. The molecule has 5 atom stereocenters. The van der Waals surface area contributed by atoms with Gasteiger partial charge in [0.05, 0.1) is 26.4 Å². The fourth-order valence-electron chi connectivity index (χ4n) is 10.2. The SMILES string of the molecule is CC/C=C\C/C=C\C/C=C\C/C=C\C/C=C\C/C=C\CCC(=O)OCC(COP(=O)(O)OCC(O)COP(=O)(O)OCC(COC(=O)CCCCC/C=C\C/C=C\C/C=C\C/C=C\C/C=C\CC)OC(=O)CCCCCCCCCCCCCCC)OC(=O)CCCCCCCCCCCCC. The zero-order valence-corrected chi connectivity index (χ0v) is 65.5. The van der Waals surface area contributed by atoms with Crippen molar-refractivity contribution in [3.05, 3.63) is 134 Å². The monoisotopic (exact) mass is 1470 g/mol. The summed E-state index contributed by atoms with van der Waals surface area (Å²) in [7, 11) is -9.98. The van der Waals surface area contributed by atoms with Crippen molar-refractivity contribution in [2.75, 3.05) is 39.6 Å². The van der Waals surface area contributed by atoms with E-state index in [1.54, 1.807) is 0 Å². The smallest absolute Gasteiger partial charge is 0.462 e. The van der Waals surface area contributed by atoms with E-state index in [4.69, 9.17) is 37.0 Å². The van der Waals surface area contributed by atoms with E-state index in [2.05, 4.69) is 143 Å². The van der Waals surface area contributed by atoms with E-state index in [9.17, 15) is 43.2 Å². The number of hydrogen-bond acceptors (Lipinski definition) is 15. The van der Waals surface area contributed by atoms with Crippen LogP contribution in [0.2, 0.25) is 0 Å². The lowest BCUT2D eigenvalue weighted by atomic mass is 10.0. The summed E-state index contributed by atoms with van der Waals surface area (Å²) in [6, 6.07) is 0. The van der Waals surface area contributed by atoms with Gasteiger partial charge in [-0.05, 0) is 109 Å². The van der Waals surface area contributed by atoms with Crippen molar-refractivity contribution in [3.63, 3.8) is 0 Å². The van der Waals surface area contributed by atoms with Crippen LogP contribution in [0.3, 0.4) is 0 Å². The highest BCUT2D eigenvalue weighted by molar-refractivity contribution is 7.47. The van der Waals surface area contributed by atoms with Crippen LogP contribution >= 0.6 is 15.6 Å². The normalized spacial score (nSPS) is 14.6. The Hall–Kier alpha value is -4.80. The number of rotatable bonds is 73. The molecule has 102 heavy (non-hydrogen) atoms. The number of phosphoric ester groups is 2. The van der Waals surface area contributed by atoms with Crippen LogP contribution in [-0.4, -0.2) is 96.7 Å². The molecule has 0 saturated carbocycles. The number of unbranched alkanes of at least 4 members (excludes halogenated alkanes) is 25. The first-order valence-electron chi connectivity index (χ1n) is 39.4. The Labute approximate surface area is 618 Å². The minimum atomic E-state index is -4.99. The zero-order valence-electron chi connectivity index (χ0n) is 63.7. The molecule has 0 aliphatic rings. The van der Waals surface area contributed by atoms with E-state index in [-0.39, 0.29) is 25.7 Å².